The Kier molecular flexibility index (Phi) is 7.47. The summed E-state index contributed by atoms with van der Waals surface area (Å²) >= 11 is 1.55. The van der Waals surface area contributed by atoms with Gasteiger partial charge in [-0.25, -0.2) is 13.4 Å². The molecule has 1 aliphatic heterocycles. The number of carbonyl (C=O) groups excluding carboxylic acids is 1. The van der Waals surface area contributed by atoms with Gasteiger partial charge in [0.1, 0.15) is 0 Å². The Bertz CT molecular complexity index is 1120. The maximum atomic E-state index is 11.7. The molecule has 1 amide bonds. The van der Waals surface area contributed by atoms with Gasteiger partial charge in [-0.3, -0.25) is 4.79 Å². The molecule has 1 heterocycles. The van der Waals surface area contributed by atoms with Crippen LogP contribution in [0, 0.1) is 0 Å². The molecule has 170 valence electrons. The van der Waals surface area contributed by atoms with Crippen molar-refractivity contribution in [2.45, 2.75) is 36.7 Å². The summed E-state index contributed by atoms with van der Waals surface area (Å²) in [7, 11) is -3.24. The lowest BCUT2D eigenvalue weighted by molar-refractivity contribution is -0.119. The van der Waals surface area contributed by atoms with Crippen molar-refractivity contribution in [3.05, 3.63) is 70.8 Å². The molecule has 0 aliphatic carbocycles. The molecule has 0 spiro atoms. The SMILES string of the molecule is CC(=O)NC1SC=C(CCc2ccc(N=C(N)N)cc2)N1Cc1ccc(S(C)(=O)=O)cc1. The van der Waals surface area contributed by atoms with Crippen molar-refractivity contribution < 1.29 is 13.2 Å². The van der Waals surface area contributed by atoms with E-state index in [4.69, 9.17) is 11.5 Å². The average molecular weight is 474 g/mol. The van der Waals surface area contributed by atoms with Crippen molar-refractivity contribution in [3.63, 3.8) is 0 Å². The van der Waals surface area contributed by atoms with Crippen LogP contribution in [-0.2, 0) is 27.6 Å². The van der Waals surface area contributed by atoms with E-state index < -0.39 is 9.84 Å². The third-order valence-electron chi connectivity index (χ3n) is 4.88. The number of allylic oxidation sites excluding steroid dienone is 1. The Morgan fingerprint density at radius 3 is 2.25 bits per heavy atom. The lowest BCUT2D eigenvalue weighted by atomic mass is 10.1. The van der Waals surface area contributed by atoms with Crippen molar-refractivity contribution in [3.8, 4) is 0 Å². The van der Waals surface area contributed by atoms with Gasteiger partial charge in [0, 0.05) is 25.4 Å². The molecule has 1 atom stereocenters. The number of amides is 1. The molecule has 0 saturated carbocycles. The summed E-state index contributed by atoms with van der Waals surface area (Å²) in [5, 5.41) is 5.03. The molecule has 0 aromatic heterocycles. The number of aryl methyl sites for hydroxylation is 1. The van der Waals surface area contributed by atoms with E-state index in [0.717, 1.165) is 29.7 Å². The van der Waals surface area contributed by atoms with Gasteiger partial charge in [0.25, 0.3) is 0 Å². The summed E-state index contributed by atoms with van der Waals surface area (Å²) in [6.07, 6.45) is 2.79. The Labute approximate surface area is 192 Å². The summed E-state index contributed by atoms with van der Waals surface area (Å²) in [6.45, 7) is 2.05. The maximum Gasteiger partial charge on any atom is 0.219 e. The average Bonchev–Trinajstić information content (AvgIpc) is 3.07. The van der Waals surface area contributed by atoms with Crippen LogP contribution in [-0.4, -0.2) is 36.9 Å². The normalized spacial score (nSPS) is 15.9. The lowest BCUT2D eigenvalue weighted by Gasteiger charge is -2.29. The molecule has 10 heteroatoms. The van der Waals surface area contributed by atoms with E-state index >= 15 is 0 Å². The van der Waals surface area contributed by atoms with E-state index in [1.165, 1.54) is 13.2 Å². The second-order valence-electron chi connectivity index (χ2n) is 7.55. The smallest absolute Gasteiger partial charge is 0.219 e. The zero-order valence-electron chi connectivity index (χ0n) is 18.0. The third kappa shape index (κ3) is 6.51. The summed E-state index contributed by atoms with van der Waals surface area (Å²) in [4.78, 5) is 18.1. The second-order valence-corrected chi connectivity index (χ2v) is 10.5. The van der Waals surface area contributed by atoms with Crippen LogP contribution in [0.4, 0.5) is 5.69 Å². The second kappa shape index (κ2) is 10.1. The van der Waals surface area contributed by atoms with Crippen molar-refractivity contribution in [1.29, 1.82) is 0 Å². The van der Waals surface area contributed by atoms with Gasteiger partial charge < -0.3 is 21.7 Å². The van der Waals surface area contributed by atoms with E-state index in [0.29, 0.717) is 12.2 Å². The highest BCUT2D eigenvalue weighted by molar-refractivity contribution is 8.02. The largest absolute Gasteiger partial charge is 0.370 e. The van der Waals surface area contributed by atoms with Crippen molar-refractivity contribution >= 4 is 39.2 Å². The van der Waals surface area contributed by atoms with Crippen LogP contribution in [0.25, 0.3) is 0 Å². The first-order chi connectivity index (χ1) is 15.1. The standard InChI is InChI=1S/C22H27N5O3S2/c1-15(28)25-22-27(13-17-6-11-20(12-7-17)32(2,29)30)19(14-31-22)10-5-16-3-8-18(9-4-16)26-21(23)24/h3-4,6-9,11-12,14,22H,5,10,13H2,1-2H3,(H,25,28)(H4,23,24,26). The Hall–Kier alpha value is -2.98. The molecule has 5 N–H and O–H groups in total. The summed E-state index contributed by atoms with van der Waals surface area (Å²) in [5.41, 5.74) is 14.5. The number of nitrogens with two attached hydrogens (primary N) is 2. The first-order valence-corrected chi connectivity index (χ1v) is 12.8. The minimum atomic E-state index is -3.24. The zero-order valence-corrected chi connectivity index (χ0v) is 19.6. The van der Waals surface area contributed by atoms with E-state index in [2.05, 4.69) is 20.6 Å². The van der Waals surface area contributed by atoms with Crippen LogP contribution in [0.1, 0.15) is 24.5 Å². The number of thioether (sulfide) groups is 1. The quantitative estimate of drug-likeness (QED) is 0.396. The molecule has 0 fully saturated rings. The predicted molar refractivity (Wildman–Crippen MR) is 129 cm³/mol. The molecule has 2 aromatic rings. The van der Waals surface area contributed by atoms with Crippen LogP contribution in [0.2, 0.25) is 0 Å². The monoisotopic (exact) mass is 473 g/mol. The minimum absolute atomic E-state index is 0.0232. The number of rotatable bonds is 8. The highest BCUT2D eigenvalue weighted by atomic mass is 32.2. The summed E-state index contributed by atoms with van der Waals surface area (Å²) in [6, 6.07) is 14.6. The van der Waals surface area contributed by atoms with Crippen molar-refractivity contribution in [2.24, 2.45) is 16.5 Å². The van der Waals surface area contributed by atoms with Gasteiger partial charge >= 0.3 is 0 Å². The molecule has 3 rings (SSSR count). The van der Waals surface area contributed by atoms with E-state index in [-0.39, 0.29) is 22.3 Å². The zero-order chi connectivity index (χ0) is 23.3. The highest BCUT2D eigenvalue weighted by Gasteiger charge is 2.27. The number of guanidine groups is 1. The highest BCUT2D eigenvalue weighted by Crippen LogP contribution is 2.33. The van der Waals surface area contributed by atoms with Crippen LogP contribution >= 0.6 is 11.8 Å². The van der Waals surface area contributed by atoms with Gasteiger partial charge in [0.05, 0.1) is 10.6 Å². The first-order valence-electron chi connectivity index (χ1n) is 9.97. The number of nitrogens with zero attached hydrogens (tertiary/aromatic N) is 2. The number of nitrogens with one attached hydrogen (secondary N) is 1. The minimum Gasteiger partial charge on any atom is -0.370 e. The molecule has 0 radical (unpaired) electrons. The fourth-order valence-electron chi connectivity index (χ4n) is 3.30. The molecular formula is C22H27N5O3S2. The Morgan fingerprint density at radius 1 is 1.06 bits per heavy atom. The van der Waals surface area contributed by atoms with Gasteiger partial charge in [-0.15, -0.1) is 0 Å². The molecular weight excluding hydrogens is 446 g/mol. The van der Waals surface area contributed by atoms with Gasteiger partial charge in [-0.1, -0.05) is 36.0 Å². The topological polar surface area (TPSA) is 131 Å². The van der Waals surface area contributed by atoms with Gasteiger partial charge in [0.2, 0.25) is 5.91 Å². The van der Waals surface area contributed by atoms with E-state index in [9.17, 15) is 13.2 Å². The molecule has 1 unspecified atom stereocenters. The number of carbonyl (C=O) groups is 1. The number of sulfone groups is 1. The van der Waals surface area contributed by atoms with Crippen LogP contribution < -0.4 is 16.8 Å². The maximum absolute atomic E-state index is 11.7. The van der Waals surface area contributed by atoms with Gasteiger partial charge in [-0.2, -0.15) is 0 Å². The molecule has 0 saturated heterocycles. The predicted octanol–water partition coefficient (Wildman–Crippen LogP) is 2.44. The van der Waals surface area contributed by atoms with Crippen LogP contribution in [0.3, 0.4) is 0 Å². The molecule has 32 heavy (non-hydrogen) atoms. The third-order valence-corrected chi connectivity index (χ3v) is 7.05. The first kappa shape index (κ1) is 23.7. The number of aliphatic imine (C=N–C) groups is 1. The van der Waals surface area contributed by atoms with Gasteiger partial charge in [0.15, 0.2) is 21.3 Å². The van der Waals surface area contributed by atoms with Crippen molar-refractivity contribution in [1.82, 2.24) is 10.2 Å². The lowest BCUT2D eigenvalue weighted by Crippen LogP contribution is -2.41. The molecule has 8 nitrogen and oxygen atoms in total. The van der Waals surface area contributed by atoms with Gasteiger partial charge in [-0.05, 0) is 53.6 Å². The van der Waals surface area contributed by atoms with Crippen molar-refractivity contribution in [2.75, 3.05) is 6.26 Å². The summed E-state index contributed by atoms with van der Waals surface area (Å²) in [5.74, 6) is -0.0833. The molecule has 0 bridgehead atoms. The fourth-order valence-corrected chi connectivity index (χ4v) is 5.07. The van der Waals surface area contributed by atoms with E-state index in [1.54, 1.807) is 23.9 Å². The van der Waals surface area contributed by atoms with Crippen LogP contribution in [0.5, 0.6) is 0 Å². The van der Waals surface area contributed by atoms with E-state index in [1.807, 2.05) is 36.4 Å². The Balaban J connectivity index is 1.71. The number of benzene rings is 2. The number of hydrogen-bond donors (Lipinski definition) is 3. The number of hydrogen-bond acceptors (Lipinski definition) is 6. The van der Waals surface area contributed by atoms with Crippen LogP contribution in [0.15, 0.2) is 69.5 Å². The summed E-state index contributed by atoms with van der Waals surface area (Å²) < 4.78 is 23.4. The Morgan fingerprint density at radius 2 is 1.69 bits per heavy atom. The molecule has 2 aromatic carbocycles. The fraction of sp³-hybridized carbons (Fsp3) is 0.273. The molecule has 1 aliphatic rings.